The molecule has 0 fully saturated rings. The molecule has 1 heterocycles. The second kappa shape index (κ2) is 3.48. The highest BCUT2D eigenvalue weighted by molar-refractivity contribution is 5.87. The third kappa shape index (κ3) is 1.29. The number of aryl methyl sites for hydroxylation is 2. The van der Waals surface area contributed by atoms with E-state index >= 15 is 0 Å². The number of nitrogens with one attached hydrogen (secondary N) is 1. The SMILES string of the molecule is Cc1ccc2[nH]c3c(c2c1)CCCC3C=O. The van der Waals surface area contributed by atoms with Crippen LogP contribution in [-0.4, -0.2) is 11.3 Å². The molecule has 1 N–H and O–H groups in total. The number of aromatic amines is 1. The summed E-state index contributed by atoms with van der Waals surface area (Å²) >= 11 is 0. The molecule has 2 nitrogen and oxygen atoms in total. The fourth-order valence-electron chi connectivity index (χ4n) is 2.75. The second-order valence-electron chi connectivity index (χ2n) is 4.70. The molecule has 3 rings (SSSR count). The number of carbonyl (C=O) groups excluding carboxylic acids is 1. The van der Waals surface area contributed by atoms with Crippen molar-refractivity contribution in [3.05, 3.63) is 35.0 Å². The van der Waals surface area contributed by atoms with Gasteiger partial charge < -0.3 is 9.78 Å². The molecule has 2 aromatic rings. The van der Waals surface area contributed by atoms with Gasteiger partial charge in [-0.3, -0.25) is 0 Å². The van der Waals surface area contributed by atoms with E-state index in [9.17, 15) is 4.79 Å². The Bertz CT molecular complexity index is 553. The molecular formula is C14H15NO. The summed E-state index contributed by atoms with van der Waals surface area (Å²) in [5, 5.41) is 1.31. The molecule has 0 bridgehead atoms. The van der Waals surface area contributed by atoms with Crippen molar-refractivity contribution in [1.29, 1.82) is 0 Å². The summed E-state index contributed by atoms with van der Waals surface area (Å²) in [5.41, 5.74) is 4.97. The molecule has 1 aliphatic carbocycles. The lowest BCUT2D eigenvalue weighted by Gasteiger charge is -2.17. The largest absolute Gasteiger partial charge is 0.358 e. The number of rotatable bonds is 1. The first-order valence-electron chi connectivity index (χ1n) is 5.86. The molecule has 1 unspecified atom stereocenters. The fourth-order valence-corrected chi connectivity index (χ4v) is 2.75. The lowest BCUT2D eigenvalue weighted by atomic mass is 9.87. The average molecular weight is 213 g/mol. The molecule has 1 aliphatic rings. The van der Waals surface area contributed by atoms with Gasteiger partial charge in [-0.2, -0.15) is 0 Å². The van der Waals surface area contributed by atoms with Gasteiger partial charge in [0.1, 0.15) is 6.29 Å². The lowest BCUT2D eigenvalue weighted by molar-refractivity contribution is -0.109. The highest BCUT2D eigenvalue weighted by Crippen LogP contribution is 2.35. The summed E-state index contributed by atoms with van der Waals surface area (Å²) in [6, 6.07) is 6.45. The number of hydrogen-bond acceptors (Lipinski definition) is 1. The van der Waals surface area contributed by atoms with E-state index < -0.39 is 0 Å². The number of H-pyrrole nitrogens is 1. The molecule has 0 aliphatic heterocycles. The van der Waals surface area contributed by atoms with Crippen LogP contribution in [0.25, 0.3) is 10.9 Å². The van der Waals surface area contributed by atoms with Crippen LogP contribution < -0.4 is 0 Å². The van der Waals surface area contributed by atoms with Crippen LogP contribution >= 0.6 is 0 Å². The maximum absolute atomic E-state index is 11.0. The van der Waals surface area contributed by atoms with Crippen LogP contribution in [-0.2, 0) is 11.2 Å². The normalized spacial score (nSPS) is 19.7. The molecule has 0 spiro atoms. The summed E-state index contributed by atoms with van der Waals surface area (Å²) in [5.74, 6) is 0.0801. The van der Waals surface area contributed by atoms with Crippen LogP contribution in [0.2, 0.25) is 0 Å². The van der Waals surface area contributed by atoms with Gasteiger partial charge in [0.15, 0.2) is 0 Å². The van der Waals surface area contributed by atoms with Crippen LogP contribution in [0.5, 0.6) is 0 Å². The van der Waals surface area contributed by atoms with Gasteiger partial charge >= 0.3 is 0 Å². The van der Waals surface area contributed by atoms with Gasteiger partial charge in [0.25, 0.3) is 0 Å². The van der Waals surface area contributed by atoms with Crippen LogP contribution in [0.3, 0.4) is 0 Å². The van der Waals surface area contributed by atoms with Gasteiger partial charge in [-0.15, -0.1) is 0 Å². The first-order chi connectivity index (χ1) is 7.79. The molecule has 1 atom stereocenters. The van der Waals surface area contributed by atoms with Crippen molar-refractivity contribution >= 4 is 17.2 Å². The minimum absolute atomic E-state index is 0.0801. The van der Waals surface area contributed by atoms with Crippen molar-refractivity contribution in [1.82, 2.24) is 4.98 Å². The summed E-state index contributed by atoms with van der Waals surface area (Å²) in [6.45, 7) is 2.11. The summed E-state index contributed by atoms with van der Waals surface area (Å²) in [4.78, 5) is 14.5. The van der Waals surface area contributed by atoms with Gasteiger partial charge in [-0.1, -0.05) is 11.6 Å². The van der Waals surface area contributed by atoms with E-state index in [0.29, 0.717) is 0 Å². The summed E-state index contributed by atoms with van der Waals surface area (Å²) < 4.78 is 0. The van der Waals surface area contributed by atoms with E-state index in [4.69, 9.17) is 0 Å². The number of hydrogen-bond donors (Lipinski definition) is 1. The Kier molecular flexibility index (Phi) is 2.10. The van der Waals surface area contributed by atoms with Crippen molar-refractivity contribution in [2.24, 2.45) is 0 Å². The van der Waals surface area contributed by atoms with Crippen molar-refractivity contribution in [3.8, 4) is 0 Å². The molecule has 0 amide bonds. The zero-order chi connectivity index (χ0) is 11.1. The number of carbonyl (C=O) groups is 1. The van der Waals surface area contributed by atoms with Crippen LogP contribution in [0.1, 0.15) is 35.6 Å². The number of benzene rings is 1. The van der Waals surface area contributed by atoms with Crippen molar-refractivity contribution in [2.75, 3.05) is 0 Å². The Morgan fingerprint density at radius 3 is 3.12 bits per heavy atom. The predicted octanol–water partition coefficient (Wildman–Crippen LogP) is 3.10. The molecule has 0 radical (unpaired) electrons. The highest BCUT2D eigenvalue weighted by atomic mass is 16.1. The third-order valence-electron chi connectivity index (χ3n) is 3.57. The second-order valence-corrected chi connectivity index (χ2v) is 4.70. The number of aldehydes is 1. The van der Waals surface area contributed by atoms with E-state index in [1.54, 1.807) is 0 Å². The zero-order valence-electron chi connectivity index (χ0n) is 9.42. The van der Waals surface area contributed by atoms with E-state index in [1.165, 1.54) is 22.0 Å². The van der Waals surface area contributed by atoms with Crippen LogP contribution in [0.4, 0.5) is 0 Å². The first kappa shape index (κ1) is 9.64. The Morgan fingerprint density at radius 2 is 2.31 bits per heavy atom. The summed E-state index contributed by atoms with van der Waals surface area (Å²) in [6.07, 6.45) is 4.29. The quantitative estimate of drug-likeness (QED) is 0.725. The Morgan fingerprint density at radius 1 is 1.44 bits per heavy atom. The summed E-state index contributed by atoms with van der Waals surface area (Å²) in [7, 11) is 0. The van der Waals surface area contributed by atoms with Gasteiger partial charge in [-0.25, -0.2) is 0 Å². The molecule has 2 heteroatoms. The standard InChI is InChI=1S/C14H15NO/c1-9-5-6-13-12(7-9)11-4-2-3-10(8-16)14(11)15-13/h5-8,10,15H,2-4H2,1H3. The predicted molar refractivity (Wildman–Crippen MR) is 64.8 cm³/mol. The van der Waals surface area contributed by atoms with Gasteiger partial charge in [0.05, 0.1) is 5.92 Å². The minimum atomic E-state index is 0.0801. The maximum Gasteiger partial charge on any atom is 0.128 e. The van der Waals surface area contributed by atoms with E-state index in [-0.39, 0.29) is 5.92 Å². The van der Waals surface area contributed by atoms with Crippen LogP contribution in [0, 0.1) is 6.92 Å². The van der Waals surface area contributed by atoms with Crippen molar-refractivity contribution < 1.29 is 4.79 Å². The Hall–Kier alpha value is -1.57. The molecule has 82 valence electrons. The number of fused-ring (bicyclic) bond motifs is 3. The molecule has 1 aromatic heterocycles. The molecule has 0 saturated carbocycles. The van der Waals surface area contributed by atoms with E-state index in [0.717, 1.165) is 31.2 Å². The van der Waals surface area contributed by atoms with E-state index in [1.807, 2.05) is 0 Å². The first-order valence-corrected chi connectivity index (χ1v) is 5.86. The van der Waals surface area contributed by atoms with Gasteiger partial charge in [0, 0.05) is 16.6 Å². The number of aromatic nitrogens is 1. The molecule has 16 heavy (non-hydrogen) atoms. The molecule has 0 saturated heterocycles. The van der Waals surface area contributed by atoms with Gasteiger partial charge in [0.2, 0.25) is 0 Å². The van der Waals surface area contributed by atoms with E-state index in [2.05, 4.69) is 30.1 Å². The topological polar surface area (TPSA) is 32.9 Å². The van der Waals surface area contributed by atoms with Crippen molar-refractivity contribution in [3.63, 3.8) is 0 Å². The van der Waals surface area contributed by atoms with Crippen molar-refractivity contribution in [2.45, 2.75) is 32.1 Å². The minimum Gasteiger partial charge on any atom is -0.358 e. The third-order valence-corrected chi connectivity index (χ3v) is 3.57. The van der Waals surface area contributed by atoms with Crippen LogP contribution in [0.15, 0.2) is 18.2 Å². The average Bonchev–Trinajstić information content (AvgIpc) is 2.67. The lowest BCUT2D eigenvalue weighted by Crippen LogP contribution is -2.09. The zero-order valence-corrected chi connectivity index (χ0v) is 9.42. The van der Waals surface area contributed by atoms with Gasteiger partial charge in [-0.05, 0) is 43.9 Å². The molecule has 1 aromatic carbocycles. The monoisotopic (exact) mass is 213 g/mol. The Balaban J connectivity index is 2.28. The highest BCUT2D eigenvalue weighted by Gasteiger charge is 2.23. The Labute approximate surface area is 94.7 Å². The fraction of sp³-hybridized carbons (Fsp3) is 0.357. The maximum atomic E-state index is 11.0. The smallest absolute Gasteiger partial charge is 0.128 e. The molecular weight excluding hydrogens is 198 g/mol.